The van der Waals surface area contributed by atoms with E-state index >= 15 is 4.39 Å². The highest BCUT2D eigenvalue weighted by Gasteiger charge is 2.22. The van der Waals surface area contributed by atoms with E-state index in [1.807, 2.05) is 0 Å². The molecule has 0 fully saturated rings. The highest BCUT2D eigenvalue weighted by atomic mass is 32.2. The number of pyridine rings is 1. The zero-order valence-electron chi connectivity index (χ0n) is 17.7. The molecule has 5 aromatic rings. The summed E-state index contributed by atoms with van der Waals surface area (Å²) in [6.07, 6.45) is 9.00. The second-order valence-corrected chi connectivity index (χ2v) is 9.03. The van der Waals surface area contributed by atoms with E-state index in [1.165, 1.54) is 48.9 Å². The summed E-state index contributed by atoms with van der Waals surface area (Å²) >= 11 is 0. The first kappa shape index (κ1) is 21.5. The zero-order chi connectivity index (χ0) is 23.9. The van der Waals surface area contributed by atoms with E-state index in [1.54, 1.807) is 31.6 Å². The van der Waals surface area contributed by atoms with Gasteiger partial charge in [-0.05, 0) is 37.3 Å². The Morgan fingerprint density at radius 1 is 1.00 bits per heavy atom. The predicted molar refractivity (Wildman–Crippen MR) is 124 cm³/mol. The van der Waals surface area contributed by atoms with Gasteiger partial charge < -0.3 is 4.98 Å². The molecular weight excluding hydrogens is 459 g/mol. The Morgan fingerprint density at radius 2 is 1.71 bits per heavy atom. The lowest BCUT2D eigenvalue weighted by molar-refractivity contribution is 0.103. The molecule has 0 amide bonds. The summed E-state index contributed by atoms with van der Waals surface area (Å²) in [6, 6.07) is 8.76. The first-order chi connectivity index (χ1) is 16.3. The number of nitrogens with zero attached hydrogens (tertiary/aromatic N) is 4. The molecule has 11 heteroatoms. The van der Waals surface area contributed by atoms with Gasteiger partial charge in [-0.1, -0.05) is 6.07 Å². The molecule has 5 rings (SSSR count). The van der Waals surface area contributed by atoms with E-state index < -0.39 is 21.8 Å². The Hall–Kier alpha value is -4.38. The van der Waals surface area contributed by atoms with E-state index in [2.05, 4.69) is 24.7 Å². The van der Waals surface area contributed by atoms with Crippen LogP contribution in [0.25, 0.3) is 22.2 Å². The van der Waals surface area contributed by atoms with Crippen molar-refractivity contribution in [1.29, 1.82) is 0 Å². The van der Waals surface area contributed by atoms with Crippen LogP contribution in [0, 0.1) is 12.7 Å². The van der Waals surface area contributed by atoms with Crippen molar-refractivity contribution in [1.82, 2.24) is 23.9 Å². The Bertz CT molecular complexity index is 1630. The first-order valence-electron chi connectivity index (χ1n) is 10.1. The Labute approximate surface area is 193 Å². The molecule has 170 valence electrons. The molecule has 4 heterocycles. The fraction of sp³-hybridized carbons (Fsp3) is 0.0435. The van der Waals surface area contributed by atoms with Gasteiger partial charge >= 0.3 is 10.2 Å². The number of benzene rings is 1. The second-order valence-electron chi connectivity index (χ2n) is 7.46. The molecule has 0 atom stereocenters. The van der Waals surface area contributed by atoms with Crippen LogP contribution in [0.15, 0.2) is 73.6 Å². The summed E-state index contributed by atoms with van der Waals surface area (Å²) < 4.78 is 43.3. The molecule has 34 heavy (non-hydrogen) atoms. The number of halogens is 1. The molecule has 4 aromatic heterocycles. The van der Waals surface area contributed by atoms with Gasteiger partial charge in [0.2, 0.25) is 0 Å². The van der Waals surface area contributed by atoms with Gasteiger partial charge in [0.1, 0.15) is 11.5 Å². The van der Waals surface area contributed by atoms with Crippen molar-refractivity contribution in [3.8, 4) is 11.1 Å². The van der Waals surface area contributed by atoms with Crippen molar-refractivity contribution in [3.05, 3.63) is 96.3 Å². The molecule has 0 saturated carbocycles. The molecule has 2 N–H and O–H groups in total. The third-order valence-electron chi connectivity index (χ3n) is 5.23. The molecule has 0 radical (unpaired) electrons. The van der Waals surface area contributed by atoms with Crippen LogP contribution in [0.5, 0.6) is 0 Å². The van der Waals surface area contributed by atoms with Crippen LogP contribution >= 0.6 is 0 Å². The lowest BCUT2D eigenvalue weighted by atomic mass is 10.0. The van der Waals surface area contributed by atoms with E-state index in [9.17, 15) is 13.2 Å². The Kier molecular flexibility index (Phi) is 5.17. The number of ketones is 1. The van der Waals surface area contributed by atoms with Gasteiger partial charge in [-0.2, -0.15) is 8.42 Å². The summed E-state index contributed by atoms with van der Waals surface area (Å²) in [6.45, 7) is 1.77. The van der Waals surface area contributed by atoms with Crippen LogP contribution < -0.4 is 4.72 Å². The van der Waals surface area contributed by atoms with Crippen molar-refractivity contribution < 1.29 is 17.6 Å². The van der Waals surface area contributed by atoms with Crippen molar-refractivity contribution in [2.45, 2.75) is 6.92 Å². The number of nitrogens with one attached hydrogen (secondary N) is 2. The van der Waals surface area contributed by atoms with E-state index in [0.717, 1.165) is 3.97 Å². The van der Waals surface area contributed by atoms with E-state index in [-0.39, 0.29) is 16.8 Å². The molecule has 1 aromatic carbocycles. The van der Waals surface area contributed by atoms with Crippen molar-refractivity contribution in [3.63, 3.8) is 0 Å². The van der Waals surface area contributed by atoms with Gasteiger partial charge in [0, 0.05) is 59.3 Å². The first-order valence-corrected chi connectivity index (χ1v) is 11.5. The van der Waals surface area contributed by atoms with Crippen LogP contribution in [0.3, 0.4) is 0 Å². The minimum absolute atomic E-state index is 0.196. The van der Waals surface area contributed by atoms with Crippen LogP contribution in [-0.4, -0.2) is 38.1 Å². The number of hydrogen-bond donors (Lipinski definition) is 2. The van der Waals surface area contributed by atoms with Crippen LogP contribution in [0.1, 0.15) is 21.7 Å². The lowest BCUT2D eigenvalue weighted by Gasteiger charge is -2.11. The number of carbonyl (C=O) groups is 1. The highest BCUT2D eigenvalue weighted by Crippen LogP contribution is 2.28. The fourth-order valence-electron chi connectivity index (χ4n) is 3.49. The minimum Gasteiger partial charge on any atom is -0.345 e. The van der Waals surface area contributed by atoms with Gasteiger partial charge in [0.15, 0.2) is 11.6 Å². The molecular formula is C23H17FN6O3S. The molecule has 0 saturated heterocycles. The molecule has 0 aliphatic carbocycles. The summed E-state index contributed by atoms with van der Waals surface area (Å²) in [4.78, 5) is 28.9. The van der Waals surface area contributed by atoms with Gasteiger partial charge in [0.25, 0.3) is 0 Å². The fourth-order valence-corrected chi connectivity index (χ4v) is 4.49. The maximum absolute atomic E-state index is 15.3. The summed E-state index contributed by atoms with van der Waals surface area (Å²) in [5, 5.41) is 0.487. The quantitative estimate of drug-likeness (QED) is 0.360. The average Bonchev–Trinajstić information content (AvgIpc) is 3.51. The number of H-pyrrole nitrogens is 1. The number of carbonyl (C=O) groups excluding carboxylic acids is 1. The second kappa shape index (κ2) is 8.19. The van der Waals surface area contributed by atoms with Gasteiger partial charge in [-0.25, -0.2) is 23.3 Å². The minimum atomic E-state index is -4.08. The monoisotopic (exact) mass is 476 g/mol. The summed E-state index contributed by atoms with van der Waals surface area (Å²) in [5.74, 6) is -0.975. The zero-order valence-corrected chi connectivity index (χ0v) is 18.5. The maximum Gasteiger partial charge on any atom is 0.327 e. The smallest absolute Gasteiger partial charge is 0.327 e. The van der Waals surface area contributed by atoms with Crippen molar-refractivity contribution in [2.24, 2.45) is 0 Å². The number of aromatic nitrogens is 5. The third-order valence-corrected chi connectivity index (χ3v) is 6.50. The molecule has 0 bridgehead atoms. The van der Waals surface area contributed by atoms with Crippen molar-refractivity contribution in [2.75, 3.05) is 4.72 Å². The number of anilines is 1. The molecule has 9 nitrogen and oxygen atoms in total. The Morgan fingerprint density at radius 3 is 2.44 bits per heavy atom. The Balaban J connectivity index is 1.52. The van der Waals surface area contributed by atoms with E-state index in [0.29, 0.717) is 28.0 Å². The van der Waals surface area contributed by atoms with Crippen molar-refractivity contribution >= 4 is 32.7 Å². The lowest BCUT2D eigenvalue weighted by Crippen LogP contribution is -2.21. The topological polar surface area (TPSA) is 123 Å². The SMILES string of the molecule is Cc1ncc(-c2cnc3[nH]cc(C(=O)c4cccc(NS(=O)(=O)n5cccc5)c4F)c3c2)cn1. The van der Waals surface area contributed by atoms with Gasteiger partial charge in [0.05, 0.1) is 11.3 Å². The summed E-state index contributed by atoms with van der Waals surface area (Å²) in [5.41, 5.74) is 1.43. The molecule has 0 spiro atoms. The number of fused-ring (bicyclic) bond motifs is 1. The standard InChI is InChI=1S/C23H17FN6O3S/c1-14-25-11-16(12-26-14)15-9-18-19(13-28-23(18)27-10-15)22(31)17-5-4-6-20(21(17)24)29-34(32,33)30-7-2-3-8-30/h2-13,29H,1H3,(H,27,28). The normalized spacial score (nSPS) is 11.6. The van der Waals surface area contributed by atoms with Crippen LogP contribution in [-0.2, 0) is 10.2 Å². The third kappa shape index (κ3) is 3.82. The molecule has 0 aliphatic rings. The number of aryl methyl sites for hydroxylation is 1. The highest BCUT2D eigenvalue weighted by molar-refractivity contribution is 7.91. The van der Waals surface area contributed by atoms with Gasteiger partial charge in [-0.15, -0.1) is 0 Å². The van der Waals surface area contributed by atoms with Gasteiger partial charge in [-0.3, -0.25) is 9.52 Å². The number of hydrogen-bond acceptors (Lipinski definition) is 6. The molecule has 0 unspecified atom stereocenters. The maximum atomic E-state index is 15.3. The number of rotatable bonds is 6. The van der Waals surface area contributed by atoms with Crippen LogP contribution in [0.4, 0.5) is 10.1 Å². The van der Waals surface area contributed by atoms with Crippen LogP contribution in [0.2, 0.25) is 0 Å². The largest absolute Gasteiger partial charge is 0.345 e. The molecule has 0 aliphatic heterocycles. The number of aromatic amines is 1. The predicted octanol–water partition coefficient (Wildman–Crippen LogP) is 3.70. The summed E-state index contributed by atoms with van der Waals surface area (Å²) in [7, 11) is -4.08. The average molecular weight is 476 g/mol. The van der Waals surface area contributed by atoms with E-state index in [4.69, 9.17) is 0 Å².